The molecule has 1 saturated heterocycles. The summed E-state index contributed by atoms with van der Waals surface area (Å²) in [6.45, 7) is 4.72. The van der Waals surface area contributed by atoms with Crippen LogP contribution in [0.4, 0.5) is 17.5 Å². The van der Waals surface area contributed by atoms with Crippen molar-refractivity contribution in [1.82, 2.24) is 19.9 Å². The predicted octanol–water partition coefficient (Wildman–Crippen LogP) is 2.91. The van der Waals surface area contributed by atoms with E-state index in [-0.39, 0.29) is 5.95 Å². The Labute approximate surface area is 200 Å². The van der Waals surface area contributed by atoms with Crippen LogP contribution in [0.3, 0.4) is 0 Å². The highest BCUT2D eigenvalue weighted by Crippen LogP contribution is 2.42. The number of nitrogens with one attached hydrogen (secondary N) is 1. The first-order valence-corrected chi connectivity index (χ1v) is 13.3. The van der Waals surface area contributed by atoms with Crippen molar-refractivity contribution in [1.29, 1.82) is 0 Å². The number of nitrogens with zero attached hydrogens (tertiary/aromatic N) is 5. The van der Waals surface area contributed by atoms with E-state index >= 15 is 0 Å². The number of aryl methyl sites for hydroxylation is 1. The van der Waals surface area contributed by atoms with Crippen LogP contribution in [0.25, 0.3) is 32.0 Å². The molecule has 4 heterocycles. The molecule has 3 N–H and O–H groups in total. The zero-order valence-corrected chi connectivity index (χ0v) is 20.3. The van der Waals surface area contributed by atoms with Crippen molar-refractivity contribution in [2.75, 3.05) is 47.9 Å². The van der Waals surface area contributed by atoms with E-state index in [2.05, 4.69) is 19.6 Å². The van der Waals surface area contributed by atoms with Crippen molar-refractivity contribution in [3.8, 4) is 21.8 Å². The molecule has 1 fully saturated rings. The van der Waals surface area contributed by atoms with E-state index in [1.54, 1.807) is 29.8 Å². The molecule has 1 aliphatic heterocycles. The van der Waals surface area contributed by atoms with Crippen LogP contribution in [-0.2, 0) is 14.8 Å². The summed E-state index contributed by atoms with van der Waals surface area (Å²) in [5.41, 5.74) is 9.58. The molecule has 1 aromatic carbocycles. The van der Waals surface area contributed by atoms with E-state index in [0.29, 0.717) is 30.3 Å². The third kappa shape index (κ3) is 4.52. The molecular formula is C22H23N7O3S2. The van der Waals surface area contributed by atoms with Gasteiger partial charge >= 0.3 is 0 Å². The summed E-state index contributed by atoms with van der Waals surface area (Å²) in [7, 11) is -3.38. The zero-order valence-electron chi connectivity index (χ0n) is 18.6. The van der Waals surface area contributed by atoms with Gasteiger partial charge in [-0.25, -0.2) is 28.4 Å². The van der Waals surface area contributed by atoms with Gasteiger partial charge in [0.2, 0.25) is 16.0 Å². The lowest BCUT2D eigenvalue weighted by Gasteiger charge is -2.28. The molecule has 3 aromatic heterocycles. The molecule has 10 nitrogen and oxygen atoms in total. The lowest BCUT2D eigenvalue weighted by atomic mass is 10.1. The summed E-state index contributed by atoms with van der Waals surface area (Å²) in [4.78, 5) is 21.2. The minimum atomic E-state index is -3.38. The average molecular weight is 498 g/mol. The van der Waals surface area contributed by atoms with E-state index in [1.807, 2.05) is 25.1 Å². The second-order valence-electron chi connectivity index (χ2n) is 7.99. The Kier molecular flexibility index (Phi) is 5.80. The van der Waals surface area contributed by atoms with Crippen molar-refractivity contribution in [2.24, 2.45) is 0 Å². The summed E-state index contributed by atoms with van der Waals surface area (Å²) in [6, 6.07) is 7.35. The Hall–Kier alpha value is -3.35. The zero-order chi connectivity index (χ0) is 23.9. The Morgan fingerprint density at radius 2 is 1.85 bits per heavy atom. The molecular weight excluding hydrogens is 474 g/mol. The van der Waals surface area contributed by atoms with Crippen LogP contribution < -0.4 is 15.4 Å². The van der Waals surface area contributed by atoms with E-state index in [1.165, 1.54) is 0 Å². The first-order valence-electron chi connectivity index (χ1n) is 10.6. The van der Waals surface area contributed by atoms with Crippen LogP contribution in [-0.4, -0.2) is 60.9 Å². The van der Waals surface area contributed by atoms with Gasteiger partial charge in [0, 0.05) is 36.0 Å². The Bertz CT molecular complexity index is 1460. The van der Waals surface area contributed by atoms with Crippen molar-refractivity contribution in [3.05, 3.63) is 42.2 Å². The monoisotopic (exact) mass is 497 g/mol. The van der Waals surface area contributed by atoms with Crippen molar-refractivity contribution < 1.29 is 13.2 Å². The molecule has 0 unspecified atom stereocenters. The van der Waals surface area contributed by atoms with Crippen LogP contribution >= 0.6 is 11.3 Å². The molecule has 34 heavy (non-hydrogen) atoms. The fourth-order valence-corrected chi connectivity index (χ4v) is 5.67. The number of nitrogen functional groups attached to an aromatic ring is 1. The number of benzene rings is 1. The van der Waals surface area contributed by atoms with Gasteiger partial charge in [0.15, 0.2) is 11.6 Å². The number of hydrogen-bond acceptors (Lipinski definition) is 10. The van der Waals surface area contributed by atoms with Crippen LogP contribution in [0, 0.1) is 6.92 Å². The minimum absolute atomic E-state index is 0.190. The second-order valence-corrected chi connectivity index (χ2v) is 10.8. The average Bonchev–Trinajstić information content (AvgIpc) is 3.15. The van der Waals surface area contributed by atoms with Gasteiger partial charge in [-0.3, -0.25) is 4.72 Å². The quantitative estimate of drug-likeness (QED) is 0.426. The maximum absolute atomic E-state index is 11.7. The highest BCUT2D eigenvalue weighted by atomic mass is 32.2. The first-order chi connectivity index (χ1) is 16.3. The maximum atomic E-state index is 11.7. The first kappa shape index (κ1) is 22.4. The number of ether oxygens (including phenoxy) is 1. The highest BCUT2D eigenvalue weighted by Gasteiger charge is 2.23. The lowest BCUT2D eigenvalue weighted by Crippen LogP contribution is -2.36. The third-order valence-corrected chi connectivity index (χ3v) is 7.35. The van der Waals surface area contributed by atoms with Crippen LogP contribution in [0.2, 0.25) is 0 Å². The Balaban J connectivity index is 1.68. The second kappa shape index (κ2) is 8.78. The third-order valence-electron chi connectivity index (χ3n) is 5.42. The van der Waals surface area contributed by atoms with E-state index in [9.17, 15) is 8.42 Å². The number of hydrogen-bond donors (Lipinski definition) is 2. The molecule has 12 heteroatoms. The van der Waals surface area contributed by atoms with Gasteiger partial charge in [-0.1, -0.05) is 12.1 Å². The van der Waals surface area contributed by atoms with Crippen molar-refractivity contribution >= 4 is 49.0 Å². The molecule has 4 aromatic rings. The number of sulfonamides is 1. The predicted molar refractivity (Wildman–Crippen MR) is 135 cm³/mol. The molecule has 0 amide bonds. The van der Waals surface area contributed by atoms with Crippen molar-refractivity contribution in [2.45, 2.75) is 6.92 Å². The molecule has 0 bridgehead atoms. The number of anilines is 3. The number of rotatable bonds is 5. The van der Waals surface area contributed by atoms with E-state index in [0.717, 1.165) is 51.4 Å². The topological polar surface area (TPSA) is 136 Å². The van der Waals surface area contributed by atoms with Gasteiger partial charge < -0.3 is 15.4 Å². The molecule has 1 aliphatic rings. The summed E-state index contributed by atoms with van der Waals surface area (Å²) in [5, 5.41) is 0. The smallest absolute Gasteiger partial charge is 0.229 e. The van der Waals surface area contributed by atoms with Crippen LogP contribution in [0.5, 0.6) is 0 Å². The summed E-state index contributed by atoms with van der Waals surface area (Å²) in [5.74, 6) is 1.55. The molecule has 5 rings (SSSR count). The molecule has 176 valence electrons. The summed E-state index contributed by atoms with van der Waals surface area (Å²) in [6.07, 6.45) is 4.38. The molecule has 0 radical (unpaired) electrons. The fraction of sp³-hybridized carbons (Fsp3) is 0.273. The number of aromatic nitrogens is 4. The van der Waals surface area contributed by atoms with Gasteiger partial charge in [-0.05, 0) is 30.2 Å². The lowest BCUT2D eigenvalue weighted by molar-refractivity contribution is 0.122. The number of morpholine rings is 1. The van der Waals surface area contributed by atoms with Crippen molar-refractivity contribution in [3.63, 3.8) is 0 Å². The molecule has 0 atom stereocenters. The largest absolute Gasteiger partial charge is 0.378 e. The van der Waals surface area contributed by atoms with Crippen LogP contribution in [0.1, 0.15) is 5.56 Å². The Morgan fingerprint density at radius 3 is 2.56 bits per heavy atom. The number of thiophene rings is 1. The molecule has 0 aliphatic carbocycles. The van der Waals surface area contributed by atoms with Gasteiger partial charge in [-0.2, -0.15) is 0 Å². The van der Waals surface area contributed by atoms with Gasteiger partial charge in [0.1, 0.15) is 0 Å². The fourth-order valence-electron chi connectivity index (χ4n) is 3.86. The normalized spacial score (nSPS) is 14.5. The summed E-state index contributed by atoms with van der Waals surface area (Å²) < 4.78 is 32.5. The maximum Gasteiger partial charge on any atom is 0.229 e. The van der Waals surface area contributed by atoms with Gasteiger partial charge in [-0.15, -0.1) is 11.3 Å². The Morgan fingerprint density at radius 1 is 1.12 bits per heavy atom. The number of fused-ring (bicyclic) bond motifs is 1. The van der Waals surface area contributed by atoms with Gasteiger partial charge in [0.25, 0.3) is 0 Å². The van der Waals surface area contributed by atoms with Gasteiger partial charge in [0.05, 0.1) is 35.2 Å². The van der Waals surface area contributed by atoms with E-state index in [4.69, 9.17) is 20.4 Å². The van der Waals surface area contributed by atoms with Crippen LogP contribution in [0.15, 0.2) is 36.7 Å². The molecule has 0 spiro atoms. The SMILES string of the molecule is Cc1c(-c2cccc(NS(C)(=O)=O)c2)sc2c(N3CCOCC3)nc(-c3cnc(N)nc3)nc12. The summed E-state index contributed by atoms with van der Waals surface area (Å²) >= 11 is 1.59. The highest BCUT2D eigenvalue weighted by molar-refractivity contribution is 7.92. The molecule has 0 saturated carbocycles. The minimum Gasteiger partial charge on any atom is -0.378 e. The number of nitrogens with two attached hydrogens (primary N) is 1. The van der Waals surface area contributed by atoms with E-state index < -0.39 is 10.0 Å². The standard InChI is InChI=1S/C22H23N7O3S2/c1-13-17-19(33-18(13)14-4-3-5-16(10-14)28-34(2,30)31)21(29-6-8-32-9-7-29)27-20(26-17)15-11-24-22(23)25-12-15/h3-5,10-12,28H,6-9H2,1-2H3,(H2,23,24,25).